The molecular formula is C28H30N2O7. The molecule has 0 amide bonds. The summed E-state index contributed by atoms with van der Waals surface area (Å²) in [5.74, 6) is -0.794. The van der Waals surface area contributed by atoms with Crippen LogP contribution in [0.4, 0.5) is 5.69 Å². The molecule has 9 nitrogen and oxygen atoms in total. The van der Waals surface area contributed by atoms with Gasteiger partial charge in [-0.2, -0.15) is 0 Å². The van der Waals surface area contributed by atoms with E-state index in [-0.39, 0.29) is 42.6 Å². The third-order valence-electron chi connectivity index (χ3n) is 6.71. The van der Waals surface area contributed by atoms with Crippen molar-refractivity contribution in [2.45, 2.75) is 38.5 Å². The SMILES string of the molecule is CCOCCOC(=O)C1=C(C)NC2=C(C(=O)CC(c3ccc(OC)cc3)C2)C1c1cccc([N+](=O)[O-])c1. The summed E-state index contributed by atoms with van der Waals surface area (Å²) in [7, 11) is 1.60. The Labute approximate surface area is 215 Å². The van der Waals surface area contributed by atoms with E-state index in [0.29, 0.717) is 29.9 Å². The number of ether oxygens (including phenoxy) is 3. The summed E-state index contributed by atoms with van der Waals surface area (Å²) in [6, 6.07) is 13.7. The zero-order chi connectivity index (χ0) is 26.5. The number of nitrogens with one attached hydrogen (secondary N) is 1. The van der Waals surface area contributed by atoms with Crippen LogP contribution in [0.15, 0.2) is 71.1 Å². The van der Waals surface area contributed by atoms with Gasteiger partial charge >= 0.3 is 5.97 Å². The number of carbonyl (C=O) groups excluding carboxylic acids is 2. The lowest BCUT2D eigenvalue weighted by Crippen LogP contribution is -2.36. The molecule has 0 spiro atoms. The third kappa shape index (κ3) is 5.56. The molecule has 1 N–H and O–H groups in total. The Morgan fingerprint density at radius 1 is 1.11 bits per heavy atom. The number of hydrogen-bond acceptors (Lipinski definition) is 8. The fraction of sp³-hybridized carbons (Fsp3) is 0.357. The van der Waals surface area contributed by atoms with E-state index in [0.717, 1.165) is 17.0 Å². The molecule has 0 saturated carbocycles. The molecule has 2 aromatic carbocycles. The van der Waals surface area contributed by atoms with Crippen LogP contribution < -0.4 is 10.1 Å². The average molecular weight is 507 g/mol. The molecule has 37 heavy (non-hydrogen) atoms. The van der Waals surface area contributed by atoms with Gasteiger partial charge in [0.2, 0.25) is 0 Å². The highest BCUT2D eigenvalue weighted by atomic mass is 16.6. The lowest BCUT2D eigenvalue weighted by molar-refractivity contribution is -0.384. The lowest BCUT2D eigenvalue weighted by atomic mass is 9.71. The summed E-state index contributed by atoms with van der Waals surface area (Å²) < 4.78 is 16.0. The zero-order valence-electron chi connectivity index (χ0n) is 21.1. The largest absolute Gasteiger partial charge is 0.497 e. The molecule has 4 rings (SSSR count). The van der Waals surface area contributed by atoms with Crippen LogP contribution in [-0.2, 0) is 19.1 Å². The predicted molar refractivity (Wildman–Crippen MR) is 136 cm³/mol. The van der Waals surface area contributed by atoms with Crippen molar-refractivity contribution in [2.24, 2.45) is 0 Å². The van der Waals surface area contributed by atoms with Gasteiger partial charge in [-0.3, -0.25) is 14.9 Å². The molecule has 1 aliphatic heterocycles. The van der Waals surface area contributed by atoms with E-state index in [2.05, 4.69) is 5.32 Å². The Balaban J connectivity index is 1.73. The molecule has 2 aromatic rings. The number of nitro groups is 1. The van der Waals surface area contributed by atoms with Crippen LogP contribution in [0.3, 0.4) is 0 Å². The molecule has 1 aliphatic carbocycles. The summed E-state index contributed by atoms with van der Waals surface area (Å²) in [5, 5.41) is 14.8. The van der Waals surface area contributed by atoms with E-state index in [9.17, 15) is 19.7 Å². The molecule has 194 valence electrons. The van der Waals surface area contributed by atoms with Gasteiger partial charge in [0.1, 0.15) is 12.4 Å². The number of carbonyl (C=O) groups is 2. The van der Waals surface area contributed by atoms with Crippen molar-refractivity contribution < 1.29 is 28.7 Å². The van der Waals surface area contributed by atoms with Gasteiger partial charge in [0, 0.05) is 48.0 Å². The molecule has 0 bridgehead atoms. The van der Waals surface area contributed by atoms with Gasteiger partial charge in [-0.05, 0) is 49.4 Å². The summed E-state index contributed by atoms with van der Waals surface area (Å²) in [6.07, 6.45) is 0.812. The maximum atomic E-state index is 13.7. The quantitative estimate of drug-likeness (QED) is 0.228. The second kappa shape index (κ2) is 11.4. The summed E-state index contributed by atoms with van der Waals surface area (Å²) in [5.41, 5.74) is 3.39. The molecule has 0 fully saturated rings. The first-order valence-electron chi connectivity index (χ1n) is 12.2. The standard InChI is InChI=1S/C28H30N2O7/c1-4-36-12-13-37-28(32)25-17(2)29-23-15-20(18-8-10-22(35-3)11-9-18)16-24(31)27(23)26(25)19-6-5-7-21(14-19)30(33)34/h5-11,14,20,26,29H,4,12-13,15-16H2,1-3H3. The van der Waals surface area contributed by atoms with Crippen LogP contribution in [0, 0.1) is 10.1 Å². The first-order chi connectivity index (χ1) is 17.8. The fourth-order valence-corrected chi connectivity index (χ4v) is 4.99. The van der Waals surface area contributed by atoms with Crippen molar-refractivity contribution in [1.82, 2.24) is 5.32 Å². The summed E-state index contributed by atoms with van der Waals surface area (Å²) >= 11 is 0. The van der Waals surface area contributed by atoms with Crippen molar-refractivity contribution in [1.29, 1.82) is 0 Å². The van der Waals surface area contributed by atoms with Gasteiger partial charge in [-0.25, -0.2) is 4.79 Å². The van der Waals surface area contributed by atoms with Gasteiger partial charge in [0.25, 0.3) is 5.69 Å². The number of ketones is 1. The van der Waals surface area contributed by atoms with Crippen molar-refractivity contribution in [3.05, 3.63) is 92.3 Å². The molecular weight excluding hydrogens is 476 g/mol. The van der Waals surface area contributed by atoms with Crippen LogP contribution in [0.25, 0.3) is 0 Å². The second-order valence-corrected chi connectivity index (χ2v) is 8.98. The molecule has 0 radical (unpaired) electrons. The molecule has 0 saturated heterocycles. The van der Waals surface area contributed by atoms with Crippen molar-refractivity contribution in [3.63, 3.8) is 0 Å². The number of Topliss-reactive ketones (excluding diaryl/α,β-unsaturated/α-hetero) is 1. The van der Waals surface area contributed by atoms with E-state index in [1.807, 2.05) is 31.2 Å². The Morgan fingerprint density at radius 2 is 1.86 bits per heavy atom. The topological polar surface area (TPSA) is 117 Å². The number of hydrogen-bond donors (Lipinski definition) is 1. The Hall–Kier alpha value is -3.98. The van der Waals surface area contributed by atoms with Gasteiger partial charge in [0.05, 0.1) is 24.2 Å². The van der Waals surface area contributed by atoms with Crippen LogP contribution >= 0.6 is 0 Å². The van der Waals surface area contributed by atoms with E-state index in [1.54, 1.807) is 26.2 Å². The summed E-state index contributed by atoms with van der Waals surface area (Å²) in [6.45, 7) is 4.41. The monoisotopic (exact) mass is 506 g/mol. The van der Waals surface area contributed by atoms with Crippen LogP contribution in [0.2, 0.25) is 0 Å². The van der Waals surface area contributed by atoms with E-state index < -0.39 is 16.8 Å². The van der Waals surface area contributed by atoms with E-state index in [4.69, 9.17) is 14.2 Å². The normalized spacial score (nSPS) is 19.3. The third-order valence-corrected chi connectivity index (χ3v) is 6.71. The maximum Gasteiger partial charge on any atom is 0.336 e. The van der Waals surface area contributed by atoms with Crippen molar-refractivity contribution in [3.8, 4) is 5.75 Å². The highest BCUT2D eigenvalue weighted by Gasteiger charge is 2.41. The predicted octanol–water partition coefficient (Wildman–Crippen LogP) is 4.54. The molecule has 2 atom stereocenters. The highest BCUT2D eigenvalue weighted by molar-refractivity contribution is 6.04. The number of benzene rings is 2. The number of methoxy groups -OCH3 is 1. The number of nitrogens with zero attached hydrogens (tertiary/aromatic N) is 1. The second-order valence-electron chi connectivity index (χ2n) is 8.98. The van der Waals surface area contributed by atoms with Crippen LogP contribution in [0.1, 0.15) is 49.7 Å². The Kier molecular flexibility index (Phi) is 8.03. The molecule has 0 aromatic heterocycles. The van der Waals surface area contributed by atoms with E-state index >= 15 is 0 Å². The minimum absolute atomic E-state index is 0.0529. The van der Waals surface area contributed by atoms with Crippen LogP contribution in [0.5, 0.6) is 5.75 Å². The average Bonchev–Trinajstić information content (AvgIpc) is 2.90. The Morgan fingerprint density at radius 3 is 2.54 bits per heavy atom. The fourth-order valence-electron chi connectivity index (χ4n) is 4.99. The van der Waals surface area contributed by atoms with Gasteiger partial charge in [-0.1, -0.05) is 24.3 Å². The Bertz CT molecular complexity index is 1260. The first-order valence-corrected chi connectivity index (χ1v) is 12.2. The first kappa shape index (κ1) is 26.1. The van der Waals surface area contributed by atoms with Gasteiger partial charge in [0.15, 0.2) is 5.78 Å². The van der Waals surface area contributed by atoms with Crippen LogP contribution in [-0.4, -0.2) is 43.6 Å². The van der Waals surface area contributed by atoms with Crippen molar-refractivity contribution >= 4 is 17.4 Å². The molecule has 2 aliphatic rings. The minimum Gasteiger partial charge on any atom is -0.497 e. The minimum atomic E-state index is -0.778. The number of esters is 1. The number of non-ortho nitro benzene ring substituents is 1. The molecule has 9 heteroatoms. The molecule has 2 unspecified atom stereocenters. The smallest absolute Gasteiger partial charge is 0.336 e. The zero-order valence-corrected chi connectivity index (χ0v) is 21.1. The van der Waals surface area contributed by atoms with Gasteiger partial charge < -0.3 is 19.5 Å². The lowest BCUT2D eigenvalue weighted by Gasteiger charge is -2.36. The highest BCUT2D eigenvalue weighted by Crippen LogP contribution is 2.46. The summed E-state index contributed by atoms with van der Waals surface area (Å²) in [4.78, 5) is 37.9. The van der Waals surface area contributed by atoms with E-state index in [1.165, 1.54) is 12.1 Å². The molecule has 1 heterocycles. The van der Waals surface area contributed by atoms with Crippen molar-refractivity contribution in [2.75, 3.05) is 26.9 Å². The number of nitro benzene ring substituents is 1. The number of dihydropyridines is 1. The van der Waals surface area contributed by atoms with Gasteiger partial charge in [-0.15, -0.1) is 0 Å². The maximum absolute atomic E-state index is 13.7. The number of rotatable bonds is 9. The number of allylic oxidation sites excluding steroid dienone is 3.